The zero-order chi connectivity index (χ0) is 23.2. The van der Waals surface area contributed by atoms with Gasteiger partial charge in [-0.25, -0.2) is 0 Å². The molecule has 8 nitrogen and oxygen atoms in total. The first kappa shape index (κ1) is 23.2. The third kappa shape index (κ3) is 5.19. The van der Waals surface area contributed by atoms with Crippen LogP contribution < -0.4 is 14.2 Å². The van der Waals surface area contributed by atoms with E-state index in [1.54, 1.807) is 44.7 Å². The Bertz CT molecular complexity index is 1060. The van der Waals surface area contributed by atoms with Crippen LogP contribution in [0.5, 0.6) is 23.0 Å². The Balaban J connectivity index is 1.63. The van der Waals surface area contributed by atoms with Crippen molar-refractivity contribution < 1.29 is 33.6 Å². The number of furan rings is 1. The summed E-state index contributed by atoms with van der Waals surface area (Å²) in [7, 11) is 3.12. The van der Waals surface area contributed by atoms with Crippen molar-refractivity contribution in [1.82, 2.24) is 4.90 Å². The highest BCUT2D eigenvalue weighted by atomic mass is 16.5. The number of phenolic OH excluding ortho intramolecular Hbond substituents is 1. The molecular formula is C25H31NO7. The number of hydrogen-bond donors (Lipinski definition) is 2. The Morgan fingerprint density at radius 3 is 2.58 bits per heavy atom. The maximum absolute atomic E-state index is 11.3. The third-order valence-corrected chi connectivity index (χ3v) is 5.93. The molecule has 2 N–H and O–H groups in total. The second kappa shape index (κ2) is 10.8. The van der Waals surface area contributed by atoms with E-state index in [0.717, 1.165) is 25.2 Å². The van der Waals surface area contributed by atoms with Crippen LogP contribution in [0.25, 0.3) is 11.0 Å². The molecule has 178 valence electrons. The number of phenols is 1. The minimum atomic E-state index is -0.881. The second-order valence-corrected chi connectivity index (χ2v) is 8.00. The van der Waals surface area contributed by atoms with Crippen LogP contribution in [0.2, 0.25) is 0 Å². The van der Waals surface area contributed by atoms with E-state index in [2.05, 4.69) is 4.90 Å². The predicted molar refractivity (Wildman–Crippen MR) is 123 cm³/mol. The lowest BCUT2D eigenvalue weighted by molar-refractivity contribution is 0.0318. The van der Waals surface area contributed by atoms with Crippen LogP contribution in [0.15, 0.2) is 41.0 Å². The number of fused-ring (bicyclic) bond motifs is 1. The van der Waals surface area contributed by atoms with Gasteiger partial charge in [0, 0.05) is 19.6 Å². The van der Waals surface area contributed by atoms with Gasteiger partial charge in [0.15, 0.2) is 11.3 Å². The molecule has 0 amide bonds. The molecule has 8 heteroatoms. The smallest absolute Gasteiger partial charge is 0.205 e. The highest BCUT2D eigenvalue weighted by Gasteiger charge is 2.29. The Morgan fingerprint density at radius 1 is 1.06 bits per heavy atom. The number of ether oxygens (including phenoxy) is 4. The summed E-state index contributed by atoms with van der Waals surface area (Å²) in [6, 6.07) is 8.83. The van der Waals surface area contributed by atoms with Gasteiger partial charge in [-0.2, -0.15) is 0 Å². The van der Waals surface area contributed by atoms with Gasteiger partial charge in [0.25, 0.3) is 0 Å². The molecule has 3 aromatic rings. The standard InChI is InChI=1S/C25H31NO7/c1-29-22-19-8-12-32-23(19)25(30-2)24(33-15-11-26-9-13-31-14-10-26)21(22)20(28)7-6-17-4-3-5-18(27)16-17/h3-5,8,12,16,20,27-28H,6-7,9-11,13-15H2,1-2H3. The van der Waals surface area contributed by atoms with E-state index in [-0.39, 0.29) is 5.75 Å². The number of aliphatic hydroxyl groups excluding tert-OH is 1. The van der Waals surface area contributed by atoms with Crippen LogP contribution >= 0.6 is 0 Å². The number of rotatable bonds is 10. The van der Waals surface area contributed by atoms with Gasteiger partial charge in [-0.3, -0.25) is 4.90 Å². The zero-order valence-electron chi connectivity index (χ0n) is 19.1. The summed E-state index contributed by atoms with van der Waals surface area (Å²) in [4.78, 5) is 2.27. The van der Waals surface area contributed by atoms with E-state index in [1.165, 1.54) is 0 Å². The number of hydrogen-bond acceptors (Lipinski definition) is 8. The molecule has 2 heterocycles. The fourth-order valence-corrected chi connectivity index (χ4v) is 4.25. The summed E-state index contributed by atoms with van der Waals surface area (Å²) >= 11 is 0. The van der Waals surface area contributed by atoms with Crippen molar-refractivity contribution in [2.24, 2.45) is 0 Å². The molecule has 0 spiro atoms. The molecule has 1 fully saturated rings. The van der Waals surface area contributed by atoms with Crippen LogP contribution in [-0.2, 0) is 11.2 Å². The van der Waals surface area contributed by atoms with Gasteiger partial charge >= 0.3 is 0 Å². The van der Waals surface area contributed by atoms with Crippen molar-refractivity contribution in [1.29, 1.82) is 0 Å². The second-order valence-electron chi connectivity index (χ2n) is 8.00. The molecule has 2 aromatic carbocycles. The number of aliphatic hydroxyl groups is 1. The molecule has 1 atom stereocenters. The molecule has 1 saturated heterocycles. The average Bonchev–Trinajstić information content (AvgIpc) is 3.32. The van der Waals surface area contributed by atoms with Gasteiger partial charge in [0.2, 0.25) is 5.75 Å². The summed E-state index contributed by atoms with van der Waals surface area (Å²) in [5.74, 6) is 1.56. The van der Waals surface area contributed by atoms with Crippen LogP contribution in [0.4, 0.5) is 0 Å². The lowest BCUT2D eigenvalue weighted by atomic mass is 9.97. The lowest BCUT2D eigenvalue weighted by Crippen LogP contribution is -2.38. The van der Waals surface area contributed by atoms with E-state index in [4.69, 9.17) is 23.4 Å². The number of aromatic hydroxyl groups is 1. The SMILES string of the molecule is COc1c(C(O)CCc2cccc(O)c2)c(OCCN2CCOCC2)c(OC)c2occc12. The largest absolute Gasteiger partial charge is 0.508 e. The first-order valence-corrected chi connectivity index (χ1v) is 11.2. The van der Waals surface area contributed by atoms with Crippen LogP contribution in [-0.4, -0.2) is 68.8 Å². The van der Waals surface area contributed by atoms with Crippen molar-refractivity contribution in [3.05, 3.63) is 47.7 Å². The van der Waals surface area contributed by atoms with Crippen LogP contribution in [0.1, 0.15) is 23.7 Å². The van der Waals surface area contributed by atoms with Crippen molar-refractivity contribution in [2.45, 2.75) is 18.9 Å². The molecule has 1 unspecified atom stereocenters. The summed E-state index contributed by atoms with van der Waals surface area (Å²) in [6.45, 7) is 4.30. The average molecular weight is 458 g/mol. The summed E-state index contributed by atoms with van der Waals surface area (Å²) < 4.78 is 28.7. The molecule has 0 radical (unpaired) electrons. The minimum absolute atomic E-state index is 0.202. The number of methoxy groups -OCH3 is 2. The van der Waals surface area contributed by atoms with E-state index in [1.807, 2.05) is 6.07 Å². The van der Waals surface area contributed by atoms with Gasteiger partial charge in [0.05, 0.1) is 50.8 Å². The van der Waals surface area contributed by atoms with E-state index in [0.29, 0.717) is 66.4 Å². The fraction of sp³-hybridized carbons (Fsp3) is 0.440. The Morgan fingerprint density at radius 2 is 1.85 bits per heavy atom. The molecule has 1 aromatic heterocycles. The molecule has 1 aliphatic heterocycles. The van der Waals surface area contributed by atoms with Crippen molar-refractivity contribution in [2.75, 3.05) is 53.7 Å². The maximum Gasteiger partial charge on any atom is 0.205 e. The molecule has 1 aliphatic rings. The van der Waals surface area contributed by atoms with Crippen molar-refractivity contribution >= 4 is 11.0 Å². The van der Waals surface area contributed by atoms with Gasteiger partial charge < -0.3 is 33.6 Å². The molecule has 33 heavy (non-hydrogen) atoms. The topological polar surface area (TPSA) is 93.8 Å². The first-order chi connectivity index (χ1) is 16.1. The summed E-state index contributed by atoms with van der Waals surface area (Å²) in [6.07, 6.45) is 1.66. The van der Waals surface area contributed by atoms with Gasteiger partial charge in [-0.1, -0.05) is 12.1 Å². The predicted octanol–water partition coefficient (Wildman–Crippen LogP) is 3.53. The van der Waals surface area contributed by atoms with Gasteiger partial charge in [-0.05, 0) is 36.6 Å². The summed E-state index contributed by atoms with van der Waals surface area (Å²) in [5.41, 5.74) is 1.98. The van der Waals surface area contributed by atoms with Crippen LogP contribution in [0, 0.1) is 0 Å². The normalized spacial score (nSPS) is 15.5. The number of nitrogens with zero attached hydrogens (tertiary/aromatic N) is 1. The van der Waals surface area contributed by atoms with E-state index < -0.39 is 6.10 Å². The Labute approximate surface area is 193 Å². The number of aryl methyl sites for hydroxylation is 1. The van der Waals surface area contributed by atoms with E-state index >= 15 is 0 Å². The Kier molecular flexibility index (Phi) is 7.59. The molecule has 0 aliphatic carbocycles. The van der Waals surface area contributed by atoms with E-state index in [9.17, 15) is 10.2 Å². The molecular weight excluding hydrogens is 426 g/mol. The summed E-state index contributed by atoms with van der Waals surface area (Å²) in [5, 5.41) is 21.7. The lowest BCUT2D eigenvalue weighted by Gasteiger charge is -2.27. The zero-order valence-corrected chi connectivity index (χ0v) is 19.1. The van der Waals surface area contributed by atoms with Crippen LogP contribution in [0.3, 0.4) is 0 Å². The monoisotopic (exact) mass is 457 g/mol. The van der Waals surface area contributed by atoms with Crippen molar-refractivity contribution in [3.8, 4) is 23.0 Å². The first-order valence-electron chi connectivity index (χ1n) is 11.2. The van der Waals surface area contributed by atoms with Crippen molar-refractivity contribution in [3.63, 3.8) is 0 Å². The maximum atomic E-state index is 11.3. The third-order valence-electron chi connectivity index (χ3n) is 5.93. The minimum Gasteiger partial charge on any atom is -0.508 e. The molecule has 4 rings (SSSR count). The Hall–Kier alpha value is -2.94. The molecule has 0 bridgehead atoms. The number of morpholine rings is 1. The highest BCUT2D eigenvalue weighted by Crippen LogP contribution is 2.49. The number of benzene rings is 2. The highest BCUT2D eigenvalue weighted by molar-refractivity contribution is 5.93. The fourth-order valence-electron chi connectivity index (χ4n) is 4.25. The van der Waals surface area contributed by atoms with Gasteiger partial charge in [-0.15, -0.1) is 0 Å². The quantitative estimate of drug-likeness (QED) is 0.478. The van der Waals surface area contributed by atoms with Gasteiger partial charge in [0.1, 0.15) is 18.1 Å². The molecule has 0 saturated carbocycles.